The van der Waals surface area contributed by atoms with Gasteiger partial charge in [-0.25, -0.2) is 0 Å². The van der Waals surface area contributed by atoms with Crippen LogP contribution in [0.3, 0.4) is 0 Å². The van der Waals surface area contributed by atoms with Crippen molar-refractivity contribution in [2.24, 2.45) is 5.73 Å². The van der Waals surface area contributed by atoms with E-state index in [1.165, 1.54) is 0 Å². The van der Waals surface area contributed by atoms with Gasteiger partial charge in [-0.15, -0.1) is 0 Å². The van der Waals surface area contributed by atoms with E-state index in [2.05, 4.69) is 0 Å². The Morgan fingerprint density at radius 3 is 2.62 bits per heavy atom. The summed E-state index contributed by atoms with van der Waals surface area (Å²) in [6.07, 6.45) is 0.600. The van der Waals surface area contributed by atoms with E-state index in [4.69, 9.17) is 45.9 Å². The van der Waals surface area contributed by atoms with E-state index in [0.29, 0.717) is 27.2 Å². The van der Waals surface area contributed by atoms with Crippen molar-refractivity contribution in [2.75, 3.05) is 7.11 Å². The minimum absolute atomic E-state index is 0.128. The first kappa shape index (κ1) is 13.6. The highest BCUT2D eigenvalue weighted by Crippen LogP contribution is 2.37. The van der Waals surface area contributed by atoms with E-state index in [-0.39, 0.29) is 5.92 Å². The number of halogens is 2. The molecule has 0 radical (unpaired) electrons. The molecule has 1 aromatic rings. The van der Waals surface area contributed by atoms with Crippen molar-refractivity contribution in [1.29, 1.82) is 0 Å². The fourth-order valence-corrected chi connectivity index (χ4v) is 2.41. The van der Waals surface area contributed by atoms with Gasteiger partial charge in [0.2, 0.25) is 0 Å². The van der Waals surface area contributed by atoms with Crippen molar-refractivity contribution >= 4 is 40.4 Å². The van der Waals surface area contributed by atoms with Gasteiger partial charge in [0.25, 0.3) is 0 Å². The molecule has 1 atom stereocenters. The highest BCUT2D eigenvalue weighted by Gasteiger charge is 2.16. The Kier molecular flexibility index (Phi) is 4.84. The van der Waals surface area contributed by atoms with Crippen molar-refractivity contribution in [1.82, 2.24) is 0 Å². The second kappa shape index (κ2) is 5.71. The fourth-order valence-electron chi connectivity index (χ4n) is 1.57. The molecule has 16 heavy (non-hydrogen) atoms. The normalized spacial score (nSPS) is 12.2. The molecule has 5 heteroatoms. The minimum Gasteiger partial charge on any atom is -0.495 e. The van der Waals surface area contributed by atoms with Gasteiger partial charge < -0.3 is 10.5 Å². The van der Waals surface area contributed by atoms with Crippen LogP contribution in [-0.2, 0) is 0 Å². The van der Waals surface area contributed by atoms with Crippen molar-refractivity contribution in [3.8, 4) is 5.75 Å². The Labute approximate surface area is 111 Å². The van der Waals surface area contributed by atoms with E-state index in [9.17, 15) is 0 Å². The Hall–Kier alpha value is -0.510. The Morgan fingerprint density at radius 1 is 1.50 bits per heavy atom. The largest absolute Gasteiger partial charge is 0.495 e. The van der Waals surface area contributed by atoms with Crippen molar-refractivity contribution in [2.45, 2.75) is 19.3 Å². The summed E-state index contributed by atoms with van der Waals surface area (Å²) in [6.45, 7) is 2.00. The molecule has 1 unspecified atom stereocenters. The number of thiocarbonyl (C=S) groups is 1. The summed E-state index contributed by atoms with van der Waals surface area (Å²) >= 11 is 16.9. The van der Waals surface area contributed by atoms with Crippen LogP contribution in [0.1, 0.15) is 24.8 Å². The highest BCUT2D eigenvalue weighted by molar-refractivity contribution is 7.80. The summed E-state index contributed by atoms with van der Waals surface area (Å²) in [5, 5.41) is 1.08. The maximum Gasteiger partial charge on any atom is 0.141 e. The third kappa shape index (κ3) is 3.24. The molecule has 2 nitrogen and oxygen atoms in total. The predicted octanol–water partition coefficient (Wildman–Crippen LogP) is 3.78. The molecule has 0 aliphatic heterocycles. The number of rotatable bonds is 4. The number of hydrogen-bond donors (Lipinski definition) is 1. The van der Waals surface area contributed by atoms with Gasteiger partial charge in [-0.3, -0.25) is 0 Å². The summed E-state index contributed by atoms with van der Waals surface area (Å²) in [5.41, 5.74) is 6.45. The van der Waals surface area contributed by atoms with Gasteiger partial charge in [0, 0.05) is 17.0 Å². The lowest BCUT2D eigenvalue weighted by atomic mass is 9.97. The van der Waals surface area contributed by atoms with Crippen LogP contribution in [0.25, 0.3) is 0 Å². The third-order valence-corrected chi connectivity index (χ3v) is 2.95. The number of ether oxygens (including phenoxy) is 1. The van der Waals surface area contributed by atoms with Crippen molar-refractivity contribution in [3.63, 3.8) is 0 Å². The van der Waals surface area contributed by atoms with E-state index >= 15 is 0 Å². The zero-order valence-electron chi connectivity index (χ0n) is 9.09. The van der Waals surface area contributed by atoms with E-state index in [1.807, 2.05) is 13.0 Å². The summed E-state index contributed by atoms with van der Waals surface area (Å²) in [7, 11) is 1.58. The lowest BCUT2D eigenvalue weighted by Crippen LogP contribution is -2.12. The molecule has 0 aliphatic rings. The van der Waals surface area contributed by atoms with E-state index < -0.39 is 0 Å². The average Bonchev–Trinajstić information content (AvgIpc) is 2.15. The molecule has 0 spiro atoms. The zero-order chi connectivity index (χ0) is 12.3. The summed E-state index contributed by atoms with van der Waals surface area (Å²) in [6, 6.07) is 3.48. The first-order valence-electron chi connectivity index (χ1n) is 4.77. The van der Waals surface area contributed by atoms with Gasteiger partial charge in [0.05, 0.1) is 17.1 Å². The van der Waals surface area contributed by atoms with Crippen LogP contribution in [0.5, 0.6) is 5.75 Å². The molecule has 0 amide bonds. The molecule has 1 aromatic carbocycles. The lowest BCUT2D eigenvalue weighted by molar-refractivity contribution is 0.407. The van der Waals surface area contributed by atoms with Gasteiger partial charge in [0.1, 0.15) is 5.75 Å². The van der Waals surface area contributed by atoms with Gasteiger partial charge in [0.15, 0.2) is 0 Å². The molecule has 0 fully saturated rings. The highest BCUT2D eigenvalue weighted by atomic mass is 35.5. The predicted molar refractivity (Wildman–Crippen MR) is 72.8 cm³/mol. The van der Waals surface area contributed by atoms with Crippen LogP contribution in [0, 0.1) is 0 Å². The fraction of sp³-hybridized carbons (Fsp3) is 0.364. The average molecular weight is 278 g/mol. The molecule has 0 saturated heterocycles. The first-order chi connectivity index (χ1) is 7.45. The second-order valence-corrected chi connectivity index (χ2v) is 4.95. The Bertz CT molecular complexity index is 409. The second-order valence-electron chi connectivity index (χ2n) is 3.58. The first-order valence-corrected chi connectivity index (χ1v) is 5.93. The van der Waals surface area contributed by atoms with E-state index in [1.54, 1.807) is 13.2 Å². The topological polar surface area (TPSA) is 35.2 Å². The summed E-state index contributed by atoms with van der Waals surface area (Å²) < 4.78 is 5.26. The molecule has 0 bridgehead atoms. The van der Waals surface area contributed by atoms with Crippen LogP contribution in [0.15, 0.2) is 12.1 Å². The monoisotopic (exact) mass is 277 g/mol. The van der Waals surface area contributed by atoms with Crippen LogP contribution in [0.2, 0.25) is 10.0 Å². The standard InChI is InChI=1S/C11H13Cl2NOS/c1-6(3-10(14)16)8-4-7(12)5-9(13)11(8)15-2/h4-6H,3H2,1-2H3,(H2,14,16). The molecule has 1 rings (SSSR count). The molecular weight excluding hydrogens is 265 g/mol. The molecule has 0 heterocycles. The quantitative estimate of drug-likeness (QED) is 0.851. The minimum atomic E-state index is 0.128. The molecule has 0 aromatic heterocycles. The maximum absolute atomic E-state index is 6.04. The smallest absolute Gasteiger partial charge is 0.141 e. The van der Waals surface area contributed by atoms with Gasteiger partial charge in [-0.1, -0.05) is 42.3 Å². The lowest BCUT2D eigenvalue weighted by Gasteiger charge is -2.16. The van der Waals surface area contributed by atoms with Crippen molar-refractivity contribution in [3.05, 3.63) is 27.7 Å². The van der Waals surface area contributed by atoms with Gasteiger partial charge in [-0.05, 0) is 18.1 Å². The summed E-state index contributed by atoms with van der Waals surface area (Å²) in [5.74, 6) is 0.762. The van der Waals surface area contributed by atoms with Crippen molar-refractivity contribution < 1.29 is 4.74 Å². The van der Waals surface area contributed by atoms with Crippen LogP contribution >= 0.6 is 35.4 Å². The van der Waals surface area contributed by atoms with Gasteiger partial charge in [-0.2, -0.15) is 0 Å². The van der Waals surface area contributed by atoms with Crippen LogP contribution < -0.4 is 10.5 Å². The molecule has 2 N–H and O–H groups in total. The molecule has 0 aliphatic carbocycles. The number of nitrogens with two attached hydrogens (primary N) is 1. The van der Waals surface area contributed by atoms with Gasteiger partial charge >= 0.3 is 0 Å². The maximum atomic E-state index is 6.04. The van der Waals surface area contributed by atoms with Crippen LogP contribution in [0.4, 0.5) is 0 Å². The summed E-state index contributed by atoms with van der Waals surface area (Å²) in [4.78, 5) is 0.464. The molecular formula is C11H13Cl2NOS. The SMILES string of the molecule is COc1c(Cl)cc(Cl)cc1C(C)CC(N)=S. The Balaban J connectivity index is 3.15. The third-order valence-electron chi connectivity index (χ3n) is 2.28. The molecule has 0 saturated carbocycles. The van der Waals surface area contributed by atoms with E-state index in [0.717, 1.165) is 5.56 Å². The zero-order valence-corrected chi connectivity index (χ0v) is 11.4. The Morgan fingerprint density at radius 2 is 2.12 bits per heavy atom. The van der Waals surface area contributed by atoms with Crippen LogP contribution in [-0.4, -0.2) is 12.1 Å². The number of hydrogen-bond acceptors (Lipinski definition) is 2. The number of methoxy groups -OCH3 is 1. The molecule has 88 valence electrons. The number of benzene rings is 1.